The Balaban J connectivity index is 2.10. The molecule has 1 fully saturated rings. The molecule has 0 radical (unpaired) electrons. The fourth-order valence-electron chi connectivity index (χ4n) is 2.70. The van der Waals surface area contributed by atoms with Gasteiger partial charge in [0.05, 0.1) is 0 Å². The van der Waals surface area contributed by atoms with Crippen molar-refractivity contribution < 1.29 is 9.90 Å². The summed E-state index contributed by atoms with van der Waals surface area (Å²) in [4.78, 5) is 11.1. The van der Waals surface area contributed by atoms with Crippen LogP contribution in [0.1, 0.15) is 42.7 Å². The molecule has 0 unspecified atom stereocenters. The molecule has 1 aromatic rings. The summed E-state index contributed by atoms with van der Waals surface area (Å²) in [5, 5.41) is 9.08. The van der Waals surface area contributed by atoms with Crippen LogP contribution in [-0.4, -0.2) is 16.6 Å². The molecule has 0 aliphatic heterocycles. The normalized spacial score (nSPS) is 28.9. The van der Waals surface area contributed by atoms with Crippen molar-refractivity contribution >= 4 is 5.97 Å². The first-order chi connectivity index (χ1) is 8.03. The molecule has 0 heterocycles. The lowest BCUT2D eigenvalue weighted by Gasteiger charge is -2.34. The van der Waals surface area contributed by atoms with E-state index in [4.69, 9.17) is 10.8 Å². The summed E-state index contributed by atoms with van der Waals surface area (Å²) in [5.74, 6) is -0.395. The molecule has 3 N–H and O–H groups in total. The lowest BCUT2D eigenvalue weighted by atomic mass is 9.74. The Kier molecular flexibility index (Phi) is 3.20. The van der Waals surface area contributed by atoms with Gasteiger partial charge in [0.1, 0.15) is 5.54 Å². The Morgan fingerprint density at radius 1 is 1.35 bits per heavy atom. The van der Waals surface area contributed by atoms with Gasteiger partial charge in [-0.1, -0.05) is 24.3 Å². The molecule has 0 spiro atoms. The van der Waals surface area contributed by atoms with Crippen LogP contribution in [0, 0.1) is 6.92 Å². The lowest BCUT2D eigenvalue weighted by Crippen LogP contribution is -2.50. The van der Waals surface area contributed by atoms with E-state index >= 15 is 0 Å². The molecule has 0 aromatic heterocycles. The van der Waals surface area contributed by atoms with E-state index in [2.05, 4.69) is 19.1 Å². The highest BCUT2D eigenvalue weighted by Crippen LogP contribution is 2.37. The van der Waals surface area contributed by atoms with E-state index in [1.54, 1.807) is 0 Å². The first-order valence-electron chi connectivity index (χ1n) is 6.11. The second kappa shape index (κ2) is 4.49. The number of rotatable bonds is 2. The number of hydrogen-bond acceptors (Lipinski definition) is 2. The highest BCUT2D eigenvalue weighted by Gasteiger charge is 2.38. The smallest absolute Gasteiger partial charge is 0.323 e. The Bertz CT molecular complexity index is 420. The molecule has 0 amide bonds. The van der Waals surface area contributed by atoms with Crippen molar-refractivity contribution in [3.8, 4) is 0 Å². The third kappa shape index (κ3) is 2.34. The maximum absolute atomic E-state index is 11.1. The topological polar surface area (TPSA) is 63.3 Å². The number of hydrogen-bond donors (Lipinski definition) is 2. The van der Waals surface area contributed by atoms with E-state index in [0.29, 0.717) is 18.8 Å². The van der Waals surface area contributed by atoms with E-state index in [1.165, 1.54) is 11.1 Å². The zero-order valence-electron chi connectivity index (χ0n) is 10.1. The summed E-state index contributed by atoms with van der Waals surface area (Å²) < 4.78 is 0. The zero-order valence-corrected chi connectivity index (χ0v) is 10.1. The van der Waals surface area contributed by atoms with Gasteiger partial charge in [-0.3, -0.25) is 4.79 Å². The van der Waals surface area contributed by atoms with E-state index in [-0.39, 0.29) is 0 Å². The van der Waals surface area contributed by atoms with Gasteiger partial charge >= 0.3 is 5.97 Å². The summed E-state index contributed by atoms with van der Waals surface area (Å²) in [6.45, 7) is 2.11. The van der Waals surface area contributed by atoms with Crippen molar-refractivity contribution in [3.05, 3.63) is 35.4 Å². The largest absolute Gasteiger partial charge is 0.480 e. The molecule has 92 valence electrons. The SMILES string of the molecule is Cc1ccccc1C1CCC(N)(C(=O)O)CC1. The number of aliphatic carboxylic acids is 1. The van der Waals surface area contributed by atoms with Gasteiger partial charge in [0.15, 0.2) is 0 Å². The minimum Gasteiger partial charge on any atom is -0.480 e. The van der Waals surface area contributed by atoms with Gasteiger partial charge in [-0.15, -0.1) is 0 Å². The Morgan fingerprint density at radius 3 is 2.47 bits per heavy atom. The predicted molar refractivity (Wildman–Crippen MR) is 66.9 cm³/mol. The number of carboxylic acid groups (broad SMARTS) is 1. The van der Waals surface area contributed by atoms with Gasteiger partial charge < -0.3 is 10.8 Å². The molecule has 3 heteroatoms. The molecular weight excluding hydrogens is 214 g/mol. The van der Waals surface area contributed by atoms with E-state index in [0.717, 1.165) is 12.8 Å². The third-order valence-electron chi connectivity index (χ3n) is 3.93. The zero-order chi connectivity index (χ0) is 12.5. The minimum absolute atomic E-state index is 0.465. The van der Waals surface area contributed by atoms with Crippen LogP contribution in [0.3, 0.4) is 0 Å². The molecule has 17 heavy (non-hydrogen) atoms. The van der Waals surface area contributed by atoms with Crippen LogP contribution >= 0.6 is 0 Å². The summed E-state index contributed by atoms with van der Waals surface area (Å²) in [6.07, 6.45) is 2.88. The van der Waals surface area contributed by atoms with Crippen LogP contribution in [-0.2, 0) is 4.79 Å². The second-order valence-corrected chi connectivity index (χ2v) is 5.09. The van der Waals surface area contributed by atoms with E-state index in [1.807, 2.05) is 12.1 Å². The second-order valence-electron chi connectivity index (χ2n) is 5.09. The molecule has 1 aliphatic rings. The molecule has 1 aromatic carbocycles. The highest BCUT2D eigenvalue weighted by atomic mass is 16.4. The van der Waals surface area contributed by atoms with Gasteiger partial charge in [-0.05, 0) is 49.7 Å². The Morgan fingerprint density at radius 2 is 1.94 bits per heavy atom. The van der Waals surface area contributed by atoms with E-state index < -0.39 is 11.5 Å². The summed E-state index contributed by atoms with van der Waals surface area (Å²) >= 11 is 0. The molecule has 0 saturated heterocycles. The maximum Gasteiger partial charge on any atom is 0.323 e. The first kappa shape index (κ1) is 12.1. The third-order valence-corrected chi connectivity index (χ3v) is 3.93. The van der Waals surface area contributed by atoms with Crippen molar-refractivity contribution in [2.45, 2.75) is 44.1 Å². The van der Waals surface area contributed by atoms with Crippen LogP contribution < -0.4 is 5.73 Å². The van der Waals surface area contributed by atoms with Gasteiger partial charge in [0.25, 0.3) is 0 Å². The average Bonchev–Trinajstić information content (AvgIpc) is 2.31. The fourth-order valence-corrected chi connectivity index (χ4v) is 2.70. The number of carbonyl (C=O) groups is 1. The Hall–Kier alpha value is -1.35. The van der Waals surface area contributed by atoms with Crippen LogP contribution in [0.15, 0.2) is 24.3 Å². The predicted octanol–water partition coefficient (Wildman–Crippen LogP) is 2.43. The monoisotopic (exact) mass is 233 g/mol. The van der Waals surface area contributed by atoms with E-state index in [9.17, 15) is 4.79 Å². The molecule has 1 saturated carbocycles. The summed E-state index contributed by atoms with van der Waals surface area (Å²) in [6, 6.07) is 8.33. The highest BCUT2D eigenvalue weighted by molar-refractivity contribution is 5.78. The maximum atomic E-state index is 11.1. The van der Waals surface area contributed by atoms with Gasteiger partial charge in [-0.2, -0.15) is 0 Å². The van der Waals surface area contributed by atoms with Crippen molar-refractivity contribution in [1.29, 1.82) is 0 Å². The summed E-state index contributed by atoms with van der Waals surface area (Å²) in [7, 11) is 0. The fraction of sp³-hybridized carbons (Fsp3) is 0.500. The quantitative estimate of drug-likeness (QED) is 0.824. The van der Waals surface area contributed by atoms with Crippen LogP contribution in [0.2, 0.25) is 0 Å². The van der Waals surface area contributed by atoms with Gasteiger partial charge in [-0.25, -0.2) is 0 Å². The molecule has 2 rings (SSSR count). The Labute approximate surface area is 102 Å². The van der Waals surface area contributed by atoms with Crippen molar-refractivity contribution in [2.24, 2.45) is 5.73 Å². The molecule has 3 nitrogen and oxygen atoms in total. The van der Waals surface area contributed by atoms with Crippen molar-refractivity contribution in [2.75, 3.05) is 0 Å². The molecule has 0 bridgehead atoms. The van der Waals surface area contributed by atoms with Crippen molar-refractivity contribution in [1.82, 2.24) is 0 Å². The first-order valence-corrected chi connectivity index (χ1v) is 6.11. The number of carboxylic acids is 1. The van der Waals surface area contributed by atoms with Crippen LogP contribution in [0.25, 0.3) is 0 Å². The number of aryl methyl sites for hydroxylation is 1. The number of nitrogens with two attached hydrogens (primary N) is 1. The molecular formula is C14H19NO2. The van der Waals surface area contributed by atoms with Gasteiger partial charge in [0.2, 0.25) is 0 Å². The number of benzene rings is 1. The average molecular weight is 233 g/mol. The molecule has 1 aliphatic carbocycles. The standard InChI is InChI=1S/C14H19NO2/c1-10-4-2-3-5-12(10)11-6-8-14(15,9-7-11)13(16)17/h2-5,11H,6-9,15H2,1H3,(H,16,17). The molecule has 0 atom stereocenters. The summed E-state index contributed by atoms with van der Waals surface area (Å²) in [5.41, 5.74) is 7.52. The van der Waals surface area contributed by atoms with Gasteiger partial charge in [0, 0.05) is 0 Å². The van der Waals surface area contributed by atoms with Crippen LogP contribution in [0.5, 0.6) is 0 Å². The lowest BCUT2D eigenvalue weighted by molar-refractivity contribution is -0.144. The van der Waals surface area contributed by atoms with Crippen molar-refractivity contribution in [3.63, 3.8) is 0 Å². The minimum atomic E-state index is -1.00. The van der Waals surface area contributed by atoms with Crippen LogP contribution in [0.4, 0.5) is 0 Å².